The van der Waals surface area contributed by atoms with Crippen LogP contribution in [0.3, 0.4) is 0 Å². The molecule has 0 amide bonds. The minimum absolute atomic E-state index is 0.0112. The van der Waals surface area contributed by atoms with Crippen molar-refractivity contribution in [2.45, 2.75) is 51.0 Å². The first kappa shape index (κ1) is 22.7. The minimum atomic E-state index is -3.88. The zero-order valence-electron chi connectivity index (χ0n) is 17.4. The van der Waals surface area contributed by atoms with Gasteiger partial charge in [-0.2, -0.15) is 5.26 Å². The molecule has 0 unspecified atom stereocenters. The molecule has 156 valence electrons. The normalized spacial score (nSPS) is 11.1. The number of unbranched alkanes of at least 4 members (excludes halogenated alkanes) is 2. The molecule has 0 heterocycles. The van der Waals surface area contributed by atoms with E-state index in [1.165, 1.54) is 12.1 Å². The van der Waals surface area contributed by atoms with Crippen LogP contribution in [0.15, 0.2) is 35.2 Å². The van der Waals surface area contributed by atoms with Crippen LogP contribution in [0.4, 0.5) is 0 Å². The van der Waals surface area contributed by atoms with Crippen LogP contribution >= 0.6 is 0 Å². The molecule has 1 N–H and O–H groups in total. The summed E-state index contributed by atoms with van der Waals surface area (Å²) in [6, 6.07) is 10.5. The predicted molar refractivity (Wildman–Crippen MR) is 113 cm³/mol. The second-order valence-electron chi connectivity index (χ2n) is 6.87. The number of benzene rings is 2. The standard InChI is InChI=1S/C22H28N2O4S/c1-5-6-7-8-17-12-20(27-3)19(21(13-17)28-4)15-24-29(25,26)22-11-16(2)9-10-18(22)14-23/h9-13,24H,5-8,15H2,1-4H3. The van der Waals surface area contributed by atoms with E-state index in [2.05, 4.69) is 11.6 Å². The fraction of sp³-hybridized carbons (Fsp3) is 0.409. The van der Waals surface area contributed by atoms with Crippen LogP contribution in [0.25, 0.3) is 0 Å². The first-order valence-electron chi connectivity index (χ1n) is 9.60. The SMILES string of the molecule is CCCCCc1cc(OC)c(CNS(=O)(=O)c2cc(C)ccc2C#N)c(OC)c1. The average molecular weight is 417 g/mol. The van der Waals surface area contributed by atoms with Gasteiger partial charge in [0.15, 0.2) is 0 Å². The summed E-state index contributed by atoms with van der Waals surface area (Å²) >= 11 is 0. The van der Waals surface area contributed by atoms with Crippen LogP contribution in [-0.2, 0) is 23.0 Å². The molecule has 0 fully saturated rings. The molecule has 0 aliphatic carbocycles. The molecule has 2 rings (SSSR count). The van der Waals surface area contributed by atoms with E-state index in [0.29, 0.717) is 17.1 Å². The molecule has 2 aromatic carbocycles. The highest BCUT2D eigenvalue weighted by molar-refractivity contribution is 7.89. The Balaban J connectivity index is 2.32. The third kappa shape index (κ3) is 5.72. The lowest BCUT2D eigenvalue weighted by Gasteiger charge is -2.16. The Labute approximate surface area is 173 Å². The lowest BCUT2D eigenvalue weighted by molar-refractivity contribution is 0.383. The molecule has 0 saturated heterocycles. The molecule has 0 aliphatic heterocycles. The van der Waals surface area contributed by atoms with Gasteiger partial charge in [0.05, 0.1) is 30.2 Å². The third-order valence-electron chi connectivity index (χ3n) is 4.72. The number of nitrogens with zero attached hydrogens (tertiary/aromatic N) is 1. The lowest BCUT2D eigenvalue weighted by atomic mass is 10.0. The minimum Gasteiger partial charge on any atom is -0.496 e. The molecule has 2 aromatic rings. The Kier molecular flexibility index (Phi) is 8.06. The lowest BCUT2D eigenvalue weighted by Crippen LogP contribution is -2.24. The van der Waals surface area contributed by atoms with E-state index < -0.39 is 10.0 Å². The summed E-state index contributed by atoms with van der Waals surface area (Å²) < 4.78 is 39.2. The summed E-state index contributed by atoms with van der Waals surface area (Å²) in [4.78, 5) is -0.0332. The van der Waals surface area contributed by atoms with E-state index >= 15 is 0 Å². The maximum absolute atomic E-state index is 12.8. The van der Waals surface area contributed by atoms with Gasteiger partial charge < -0.3 is 9.47 Å². The summed E-state index contributed by atoms with van der Waals surface area (Å²) in [5.74, 6) is 1.14. The first-order valence-corrected chi connectivity index (χ1v) is 11.1. The number of rotatable bonds is 10. The van der Waals surface area contributed by atoms with Crippen molar-refractivity contribution in [3.05, 3.63) is 52.6 Å². The maximum Gasteiger partial charge on any atom is 0.242 e. The van der Waals surface area contributed by atoms with Gasteiger partial charge in [-0.3, -0.25) is 0 Å². The van der Waals surface area contributed by atoms with Crippen molar-refractivity contribution < 1.29 is 17.9 Å². The summed E-state index contributed by atoms with van der Waals surface area (Å²) in [6.45, 7) is 3.93. The Morgan fingerprint density at radius 2 is 1.72 bits per heavy atom. The number of nitriles is 1. The van der Waals surface area contributed by atoms with Gasteiger partial charge in [0.2, 0.25) is 10.0 Å². The van der Waals surface area contributed by atoms with Crippen molar-refractivity contribution in [1.29, 1.82) is 5.26 Å². The number of aryl methyl sites for hydroxylation is 2. The van der Waals surface area contributed by atoms with Gasteiger partial charge in [0.25, 0.3) is 0 Å². The van der Waals surface area contributed by atoms with Crippen molar-refractivity contribution in [2.75, 3.05) is 14.2 Å². The van der Waals surface area contributed by atoms with Crippen LogP contribution in [-0.4, -0.2) is 22.6 Å². The van der Waals surface area contributed by atoms with Crippen molar-refractivity contribution >= 4 is 10.0 Å². The number of sulfonamides is 1. The van der Waals surface area contributed by atoms with Crippen LogP contribution in [0.2, 0.25) is 0 Å². The Morgan fingerprint density at radius 3 is 2.28 bits per heavy atom. The van der Waals surface area contributed by atoms with Gasteiger partial charge in [-0.05, 0) is 55.2 Å². The van der Waals surface area contributed by atoms with E-state index in [4.69, 9.17) is 9.47 Å². The van der Waals surface area contributed by atoms with Crippen LogP contribution in [0, 0.1) is 18.3 Å². The molecular formula is C22H28N2O4S. The molecule has 0 saturated carbocycles. The predicted octanol–water partition coefficient (Wildman–Crippen LogP) is 4.10. The van der Waals surface area contributed by atoms with E-state index in [-0.39, 0.29) is 17.0 Å². The van der Waals surface area contributed by atoms with Crippen molar-refractivity contribution in [3.8, 4) is 17.6 Å². The summed E-state index contributed by atoms with van der Waals surface area (Å²) in [5, 5.41) is 9.26. The molecule has 0 radical (unpaired) electrons. The molecular weight excluding hydrogens is 388 g/mol. The van der Waals surface area contributed by atoms with Crippen molar-refractivity contribution in [1.82, 2.24) is 4.72 Å². The molecule has 7 heteroatoms. The van der Waals surface area contributed by atoms with E-state index in [1.54, 1.807) is 27.2 Å². The summed E-state index contributed by atoms with van der Waals surface area (Å²) in [7, 11) is -0.780. The first-order chi connectivity index (χ1) is 13.9. The Bertz CT molecular complexity index is 969. The molecule has 0 aromatic heterocycles. The number of hydrogen-bond donors (Lipinski definition) is 1. The van der Waals surface area contributed by atoms with Gasteiger partial charge >= 0.3 is 0 Å². The number of nitrogens with one attached hydrogen (secondary N) is 1. The van der Waals surface area contributed by atoms with E-state index in [1.807, 2.05) is 18.2 Å². The molecule has 6 nitrogen and oxygen atoms in total. The Morgan fingerprint density at radius 1 is 1.07 bits per heavy atom. The van der Waals surface area contributed by atoms with Gasteiger partial charge in [-0.1, -0.05) is 25.8 Å². The Hall–Kier alpha value is -2.56. The smallest absolute Gasteiger partial charge is 0.242 e. The van der Waals surface area contributed by atoms with Crippen LogP contribution < -0.4 is 14.2 Å². The highest BCUT2D eigenvalue weighted by Crippen LogP contribution is 2.32. The zero-order chi connectivity index (χ0) is 21.4. The molecule has 0 atom stereocenters. The monoisotopic (exact) mass is 416 g/mol. The van der Waals surface area contributed by atoms with Gasteiger partial charge in [0, 0.05) is 6.54 Å². The van der Waals surface area contributed by atoms with Gasteiger partial charge in [0.1, 0.15) is 17.6 Å². The second kappa shape index (κ2) is 10.3. The summed E-state index contributed by atoms with van der Waals surface area (Å²) in [5.41, 5.74) is 2.57. The highest BCUT2D eigenvalue weighted by Gasteiger charge is 2.21. The fourth-order valence-electron chi connectivity index (χ4n) is 3.13. The molecule has 0 spiro atoms. The summed E-state index contributed by atoms with van der Waals surface area (Å²) in [6.07, 6.45) is 4.25. The third-order valence-corrected chi connectivity index (χ3v) is 6.16. The van der Waals surface area contributed by atoms with Crippen molar-refractivity contribution in [2.24, 2.45) is 0 Å². The zero-order valence-corrected chi connectivity index (χ0v) is 18.2. The highest BCUT2D eigenvalue weighted by atomic mass is 32.2. The van der Waals surface area contributed by atoms with Crippen molar-refractivity contribution in [3.63, 3.8) is 0 Å². The van der Waals surface area contributed by atoms with Gasteiger partial charge in [-0.25, -0.2) is 13.1 Å². The number of hydrogen-bond acceptors (Lipinski definition) is 5. The number of methoxy groups -OCH3 is 2. The van der Waals surface area contributed by atoms with E-state index in [0.717, 1.165) is 36.8 Å². The van der Waals surface area contributed by atoms with E-state index in [9.17, 15) is 13.7 Å². The quantitative estimate of drug-likeness (QED) is 0.589. The molecule has 0 bridgehead atoms. The van der Waals surface area contributed by atoms with Crippen LogP contribution in [0.5, 0.6) is 11.5 Å². The topological polar surface area (TPSA) is 88.4 Å². The maximum atomic E-state index is 12.8. The molecule has 0 aliphatic rings. The largest absolute Gasteiger partial charge is 0.496 e. The fourth-order valence-corrected chi connectivity index (χ4v) is 4.36. The van der Waals surface area contributed by atoms with Gasteiger partial charge in [-0.15, -0.1) is 0 Å². The number of ether oxygens (including phenoxy) is 2. The second-order valence-corrected chi connectivity index (χ2v) is 8.61. The molecule has 29 heavy (non-hydrogen) atoms. The van der Waals surface area contributed by atoms with Crippen LogP contribution in [0.1, 0.15) is 48.4 Å². The average Bonchev–Trinajstić information content (AvgIpc) is 2.72.